The maximum absolute atomic E-state index is 13.4. The summed E-state index contributed by atoms with van der Waals surface area (Å²) in [6, 6.07) is 4.35. The molecule has 0 bridgehead atoms. The monoisotopic (exact) mass is 469 g/mol. The summed E-state index contributed by atoms with van der Waals surface area (Å²) >= 11 is 0. The van der Waals surface area contributed by atoms with E-state index in [2.05, 4.69) is 5.32 Å². The number of fused-ring (bicyclic) bond motifs is 2. The van der Waals surface area contributed by atoms with Crippen molar-refractivity contribution in [3.05, 3.63) is 53.3 Å². The van der Waals surface area contributed by atoms with Crippen molar-refractivity contribution < 1.29 is 35.9 Å². The average Bonchev–Trinajstić information content (AvgIpc) is 2.85. The van der Waals surface area contributed by atoms with Gasteiger partial charge in [0.2, 0.25) is 15.9 Å². The number of nitrogens with one attached hydrogen (secondary N) is 1. The van der Waals surface area contributed by atoms with Crippen molar-refractivity contribution in [2.24, 2.45) is 0 Å². The highest BCUT2D eigenvalue weighted by molar-refractivity contribution is 7.89. The first kappa shape index (κ1) is 22.1. The normalized spacial score (nSPS) is 19.9. The molecule has 4 rings (SSSR count). The molecule has 0 saturated carbocycles. The Morgan fingerprint density at radius 3 is 2.44 bits per heavy atom. The third-order valence-corrected chi connectivity index (χ3v) is 7.31. The molecule has 2 amide bonds. The first-order valence-electron chi connectivity index (χ1n) is 9.58. The Kier molecular flexibility index (Phi) is 5.59. The van der Waals surface area contributed by atoms with E-state index in [4.69, 9.17) is 4.74 Å². The Bertz CT molecular complexity index is 1200. The van der Waals surface area contributed by atoms with E-state index in [0.29, 0.717) is 12.1 Å². The second-order valence-electron chi connectivity index (χ2n) is 7.42. The number of hydrogen-bond donors (Lipinski definition) is 1. The number of amides is 2. The minimum absolute atomic E-state index is 0.0235. The predicted octanol–water partition coefficient (Wildman–Crippen LogP) is 1.97. The fourth-order valence-electron chi connectivity index (χ4n) is 3.69. The zero-order valence-electron chi connectivity index (χ0n) is 16.8. The van der Waals surface area contributed by atoms with Gasteiger partial charge < -0.3 is 15.0 Å². The van der Waals surface area contributed by atoms with Crippen molar-refractivity contribution >= 4 is 27.5 Å². The lowest BCUT2D eigenvalue weighted by Crippen LogP contribution is -2.57. The van der Waals surface area contributed by atoms with Gasteiger partial charge in [-0.25, -0.2) is 21.6 Å². The molecule has 1 saturated heterocycles. The molecule has 2 heterocycles. The zero-order chi connectivity index (χ0) is 23.2. The number of nitrogens with zero attached hydrogens (tertiary/aromatic N) is 2. The summed E-state index contributed by atoms with van der Waals surface area (Å²) in [4.78, 5) is 25.5. The molecule has 2 aliphatic rings. The lowest BCUT2D eigenvalue weighted by atomic mass is 10.2. The number of carbonyl (C=O) groups excluding carboxylic acids is 2. The van der Waals surface area contributed by atoms with Crippen LogP contribution in [0, 0.1) is 17.5 Å². The molecule has 1 unspecified atom stereocenters. The quantitative estimate of drug-likeness (QED) is 0.679. The number of piperazine rings is 1. The SMILES string of the molecule is CC(=O)N1CCN2C(COc3ccc(C(=O)Nc4cc(F)c(F)c(F)c4)cc3S2(=O)=O)C1. The highest BCUT2D eigenvalue weighted by atomic mass is 32.2. The highest BCUT2D eigenvalue weighted by Crippen LogP contribution is 2.34. The molecule has 0 spiro atoms. The van der Waals surface area contributed by atoms with Gasteiger partial charge >= 0.3 is 0 Å². The molecule has 32 heavy (non-hydrogen) atoms. The number of halogens is 3. The summed E-state index contributed by atoms with van der Waals surface area (Å²) in [5.41, 5.74) is -0.442. The van der Waals surface area contributed by atoms with E-state index in [1.807, 2.05) is 0 Å². The van der Waals surface area contributed by atoms with Crippen molar-refractivity contribution in [3.63, 3.8) is 0 Å². The van der Waals surface area contributed by atoms with E-state index in [0.717, 1.165) is 6.07 Å². The molecule has 1 fully saturated rings. The number of benzene rings is 2. The average molecular weight is 469 g/mol. The van der Waals surface area contributed by atoms with Gasteiger partial charge in [0.05, 0.1) is 6.04 Å². The van der Waals surface area contributed by atoms with Crippen molar-refractivity contribution in [2.75, 3.05) is 31.6 Å². The lowest BCUT2D eigenvalue weighted by Gasteiger charge is -2.38. The molecule has 0 aliphatic carbocycles. The smallest absolute Gasteiger partial charge is 0.255 e. The van der Waals surface area contributed by atoms with Crippen LogP contribution in [0.2, 0.25) is 0 Å². The van der Waals surface area contributed by atoms with Crippen LogP contribution in [0.1, 0.15) is 17.3 Å². The van der Waals surface area contributed by atoms with E-state index in [1.54, 1.807) is 0 Å². The van der Waals surface area contributed by atoms with E-state index in [-0.39, 0.29) is 54.0 Å². The Balaban J connectivity index is 1.63. The fourth-order valence-corrected chi connectivity index (χ4v) is 5.44. The lowest BCUT2D eigenvalue weighted by molar-refractivity contribution is -0.131. The van der Waals surface area contributed by atoms with Crippen LogP contribution < -0.4 is 10.1 Å². The number of rotatable bonds is 2. The zero-order valence-corrected chi connectivity index (χ0v) is 17.6. The number of hydrogen-bond acceptors (Lipinski definition) is 5. The third-order valence-electron chi connectivity index (χ3n) is 5.34. The van der Waals surface area contributed by atoms with Gasteiger partial charge in [-0.15, -0.1) is 0 Å². The van der Waals surface area contributed by atoms with Gasteiger partial charge in [-0.2, -0.15) is 4.31 Å². The maximum atomic E-state index is 13.4. The summed E-state index contributed by atoms with van der Waals surface area (Å²) in [6.07, 6.45) is 0. The standard InChI is InChI=1S/C20H18F3N3O5S/c1-11(27)25-4-5-26-14(9-25)10-31-17-3-2-12(6-18(17)32(26,29)30)20(28)24-13-7-15(21)19(23)16(22)8-13/h2-3,6-8,14H,4-5,9-10H2,1H3,(H,24,28). The van der Waals surface area contributed by atoms with Gasteiger partial charge in [-0.05, 0) is 18.2 Å². The van der Waals surface area contributed by atoms with Gasteiger partial charge in [0.15, 0.2) is 17.5 Å². The summed E-state index contributed by atoms with van der Waals surface area (Å²) in [7, 11) is -4.06. The number of sulfonamides is 1. The first-order valence-corrected chi connectivity index (χ1v) is 11.0. The largest absolute Gasteiger partial charge is 0.490 e. The van der Waals surface area contributed by atoms with Crippen LogP contribution in [0.25, 0.3) is 0 Å². The van der Waals surface area contributed by atoms with E-state index in [1.165, 1.54) is 28.3 Å². The number of ether oxygens (including phenoxy) is 1. The number of carbonyl (C=O) groups is 2. The molecular formula is C20H18F3N3O5S. The Labute approximate surface area is 181 Å². The second-order valence-corrected chi connectivity index (χ2v) is 9.27. The molecule has 2 aromatic rings. The Hall–Kier alpha value is -3.12. The summed E-state index contributed by atoms with van der Waals surface area (Å²) in [5, 5.41) is 2.21. The minimum Gasteiger partial charge on any atom is -0.490 e. The van der Waals surface area contributed by atoms with Gasteiger partial charge in [-0.1, -0.05) is 0 Å². The molecule has 0 aromatic heterocycles. The van der Waals surface area contributed by atoms with Gasteiger partial charge in [0.25, 0.3) is 5.91 Å². The third kappa shape index (κ3) is 3.91. The molecule has 8 nitrogen and oxygen atoms in total. The van der Waals surface area contributed by atoms with E-state index in [9.17, 15) is 31.2 Å². The maximum Gasteiger partial charge on any atom is 0.255 e. The van der Waals surface area contributed by atoms with Crippen molar-refractivity contribution in [1.29, 1.82) is 0 Å². The van der Waals surface area contributed by atoms with E-state index >= 15 is 0 Å². The summed E-state index contributed by atoms with van der Waals surface area (Å²) in [5.74, 6) is -5.60. The number of anilines is 1. The van der Waals surface area contributed by atoms with Crippen LogP contribution in [-0.2, 0) is 14.8 Å². The van der Waals surface area contributed by atoms with Crippen LogP contribution in [0.5, 0.6) is 5.75 Å². The predicted molar refractivity (Wildman–Crippen MR) is 106 cm³/mol. The molecule has 2 aliphatic heterocycles. The van der Waals surface area contributed by atoms with E-state index < -0.39 is 39.4 Å². The Morgan fingerprint density at radius 2 is 1.78 bits per heavy atom. The topological polar surface area (TPSA) is 96.0 Å². The van der Waals surface area contributed by atoms with Crippen LogP contribution in [0.4, 0.5) is 18.9 Å². The molecular weight excluding hydrogens is 451 g/mol. The van der Waals surface area contributed by atoms with Crippen molar-refractivity contribution in [2.45, 2.75) is 17.9 Å². The van der Waals surface area contributed by atoms with Crippen molar-refractivity contribution in [1.82, 2.24) is 9.21 Å². The van der Waals surface area contributed by atoms with Crippen LogP contribution >= 0.6 is 0 Å². The Morgan fingerprint density at radius 1 is 1.09 bits per heavy atom. The van der Waals surface area contributed by atoms with Crippen LogP contribution in [0.15, 0.2) is 35.2 Å². The molecule has 1 atom stereocenters. The van der Waals surface area contributed by atoms with Crippen molar-refractivity contribution in [3.8, 4) is 5.75 Å². The summed E-state index contributed by atoms with van der Waals surface area (Å²) < 4.78 is 73.4. The first-order chi connectivity index (χ1) is 15.1. The highest BCUT2D eigenvalue weighted by Gasteiger charge is 2.41. The molecule has 2 aromatic carbocycles. The van der Waals surface area contributed by atoms with Gasteiger partial charge in [0, 0.05) is 49.9 Å². The summed E-state index contributed by atoms with van der Waals surface area (Å²) in [6.45, 7) is 1.90. The fraction of sp³-hybridized carbons (Fsp3) is 0.300. The van der Waals surface area contributed by atoms with Crippen LogP contribution in [-0.4, -0.2) is 61.7 Å². The minimum atomic E-state index is -4.06. The van der Waals surface area contributed by atoms with Crippen LogP contribution in [0.3, 0.4) is 0 Å². The molecule has 170 valence electrons. The van der Waals surface area contributed by atoms with Gasteiger partial charge in [-0.3, -0.25) is 9.59 Å². The molecule has 12 heteroatoms. The second kappa shape index (κ2) is 8.10. The molecule has 0 radical (unpaired) electrons. The van der Waals surface area contributed by atoms with Gasteiger partial charge in [0.1, 0.15) is 17.3 Å². The molecule has 1 N–H and O–H groups in total.